The normalized spacial score (nSPS) is 49.7. The summed E-state index contributed by atoms with van der Waals surface area (Å²) in [4.78, 5) is 2.66. The maximum Gasteiger partial charge on any atom is 0.0168 e. The van der Waals surface area contributed by atoms with Gasteiger partial charge in [0.15, 0.2) is 0 Å². The van der Waals surface area contributed by atoms with Gasteiger partial charge in [-0.2, -0.15) is 0 Å². The fourth-order valence-corrected chi connectivity index (χ4v) is 6.29. The highest BCUT2D eigenvalue weighted by atomic mass is 15.1. The smallest absolute Gasteiger partial charge is 0.0168 e. The molecule has 1 aliphatic heterocycles. The van der Waals surface area contributed by atoms with Crippen molar-refractivity contribution in [2.24, 2.45) is 28.9 Å². The van der Waals surface area contributed by atoms with Gasteiger partial charge in [0.05, 0.1) is 0 Å². The minimum absolute atomic E-state index is 0.449. The largest absolute Gasteiger partial charge is 0.327 e. The summed E-state index contributed by atoms with van der Waals surface area (Å²) in [6, 6.07) is 0.449. The number of nitrogens with zero attached hydrogens (tertiary/aromatic N) is 1. The molecule has 5 rings (SSSR count). The van der Waals surface area contributed by atoms with E-state index in [0.29, 0.717) is 6.04 Å². The van der Waals surface area contributed by atoms with Gasteiger partial charge in [-0.3, -0.25) is 0 Å². The molecule has 0 radical (unpaired) electrons. The molecule has 0 aromatic rings. The molecule has 0 aromatic carbocycles. The predicted octanol–water partition coefficient (Wildman–Crippen LogP) is 3.02. The van der Waals surface area contributed by atoms with Crippen molar-refractivity contribution in [2.45, 2.75) is 63.8 Å². The van der Waals surface area contributed by atoms with Crippen molar-refractivity contribution in [2.75, 3.05) is 19.6 Å². The quantitative estimate of drug-likeness (QED) is 0.847. The topological polar surface area (TPSA) is 29.3 Å². The van der Waals surface area contributed by atoms with Crippen molar-refractivity contribution in [3.05, 3.63) is 0 Å². The lowest BCUT2D eigenvalue weighted by Crippen LogP contribution is -2.49. The van der Waals surface area contributed by atoms with E-state index < -0.39 is 0 Å². The highest BCUT2D eigenvalue weighted by Crippen LogP contribution is 2.61. The van der Waals surface area contributed by atoms with Gasteiger partial charge >= 0.3 is 0 Å². The van der Waals surface area contributed by atoms with Crippen LogP contribution >= 0.6 is 0 Å². The van der Waals surface area contributed by atoms with Crippen molar-refractivity contribution >= 4 is 0 Å². The van der Waals surface area contributed by atoms with Crippen LogP contribution in [0.1, 0.15) is 57.8 Å². The van der Waals surface area contributed by atoms with Gasteiger partial charge in [0.2, 0.25) is 0 Å². The molecule has 4 bridgehead atoms. The average Bonchev–Trinajstić information content (AvgIpc) is 2.35. The Labute approximate surface area is 118 Å². The Kier molecular flexibility index (Phi) is 3.15. The van der Waals surface area contributed by atoms with Crippen LogP contribution < -0.4 is 5.73 Å². The summed E-state index contributed by atoms with van der Waals surface area (Å²) < 4.78 is 0. The molecular formula is C17H30N2. The Morgan fingerprint density at radius 2 is 1.63 bits per heavy atom. The monoisotopic (exact) mass is 262 g/mol. The van der Waals surface area contributed by atoms with Gasteiger partial charge in [0, 0.05) is 12.6 Å². The molecule has 0 spiro atoms. The zero-order chi connectivity index (χ0) is 12.9. The number of rotatable bonds is 3. The molecule has 4 saturated carbocycles. The van der Waals surface area contributed by atoms with Gasteiger partial charge in [-0.05, 0) is 94.0 Å². The van der Waals surface area contributed by atoms with Crippen molar-refractivity contribution in [3.8, 4) is 0 Å². The van der Waals surface area contributed by atoms with Crippen LogP contribution in [-0.2, 0) is 0 Å². The molecule has 108 valence electrons. The first-order valence-corrected chi connectivity index (χ1v) is 8.69. The molecule has 2 heteroatoms. The molecule has 0 unspecified atom stereocenters. The summed E-state index contributed by atoms with van der Waals surface area (Å²) in [5, 5.41) is 0. The highest BCUT2D eigenvalue weighted by molar-refractivity contribution is 5.01. The first-order valence-electron chi connectivity index (χ1n) is 8.69. The first kappa shape index (κ1) is 12.6. The summed E-state index contributed by atoms with van der Waals surface area (Å²) in [5.74, 6) is 3.32. The Hall–Kier alpha value is -0.0800. The molecule has 4 aliphatic carbocycles. The third-order valence-electron chi connectivity index (χ3n) is 6.67. The minimum atomic E-state index is 0.449. The zero-order valence-electron chi connectivity index (χ0n) is 12.3. The third-order valence-corrected chi connectivity index (χ3v) is 6.67. The first-order chi connectivity index (χ1) is 9.21. The Balaban J connectivity index is 1.37. The molecule has 2 nitrogen and oxygen atoms in total. The van der Waals surface area contributed by atoms with Crippen LogP contribution in [0.5, 0.6) is 0 Å². The molecule has 1 saturated heterocycles. The molecule has 1 heterocycles. The van der Waals surface area contributed by atoms with E-state index in [1.165, 1.54) is 32.4 Å². The maximum atomic E-state index is 6.12. The lowest BCUT2D eigenvalue weighted by atomic mass is 9.49. The standard InChI is InChI=1S/C17H30N2/c18-16-2-1-4-19(12-16)5-3-17-9-13-6-14(10-17)8-15(7-13)11-17/h13-16H,1-12,18H2/t13?,14?,15?,16-,17?/m1/s1. The maximum absolute atomic E-state index is 6.12. The lowest BCUT2D eigenvalue weighted by Gasteiger charge is -2.57. The molecule has 5 fully saturated rings. The summed E-state index contributed by atoms with van der Waals surface area (Å²) in [6.45, 7) is 3.80. The Morgan fingerprint density at radius 3 is 2.21 bits per heavy atom. The molecular weight excluding hydrogens is 232 g/mol. The minimum Gasteiger partial charge on any atom is -0.327 e. The van der Waals surface area contributed by atoms with Crippen LogP contribution in [0.15, 0.2) is 0 Å². The Bertz CT molecular complexity index is 303. The van der Waals surface area contributed by atoms with Gasteiger partial charge in [0.25, 0.3) is 0 Å². The average molecular weight is 262 g/mol. The van der Waals surface area contributed by atoms with Crippen molar-refractivity contribution < 1.29 is 0 Å². The van der Waals surface area contributed by atoms with Gasteiger partial charge in [0.1, 0.15) is 0 Å². The SMILES string of the molecule is N[C@@H]1CCCN(CCC23CC4CC(CC(C4)C2)C3)C1. The van der Waals surface area contributed by atoms with Crippen LogP contribution in [0, 0.1) is 23.2 Å². The van der Waals surface area contributed by atoms with Gasteiger partial charge in [-0.1, -0.05) is 0 Å². The second-order valence-electron chi connectivity index (χ2n) is 8.37. The van der Waals surface area contributed by atoms with E-state index in [9.17, 15) is 0 Å². The van der Waals surface area contributed by atoms with E-state index in [-0.39, 0.29) is 0 Å². The summed E-state index contributed by atoms with van der Waals surface area (Å²) in [7, 11) is 0. The number of piperidine rings is 1. The second-order valence-corrected chi connectivity index (χ2v) is 8.37. The fraction of sp³-hybridized carbons (Fsp3) is 1.00. The predicted molar refractivity (Wildman–Crippen MR) is 78.9 cm³/mol. The van der Waals surface area contributed by atoms with Crippen LogP contribution in [0.2, 0.25) is 0 Å². The van der Waals surface area contributed by atoms with E-state index in [0.717, 1.165) is 29.7 Å². The van der Waals surface area contributed by atoms with Gasteiger partial charge in [-0.15, -0.1) is 0 Å². The summed E-state index contributed by atoms with van der Waals surface area (Å²) >= 11 is 0. The van der Waals surface area contributed by atoms with E-state index in [2.05, 4.69) is 4.90 Å². The van der Waals surface area contributed by atoms with E-state index in [1.54, 1.807) is 38.5 Å². The van der Waals surface area contributed by atoms with Crippen molar-refractivity contribution in [1.82, 2.24) is 4.90 Å². The van der Waals surface area contributed by atoms with Crippen LogP contribution in [-0.4, -0.2) is 30.6 Å². The van der Waals surface area contributed by atoms with Gasteiger partial charge in [-0.25, -0.2) is 0 Å². The molecule has 0 amide bonds. The Morgan fingerprint density at radius 1 is 1.00 bits per heavy atom. The zero-order valence-corrected chi connectivity index (χ0v) is 12.3. The van der Waals surface area contributed by atoms with Crippen LogP contribution in [0.3, 0.4) is 0 Å². The fourth-order valence-electron chi connectivity index (χ4n) is 6.29. The number of hydrogen-bond acceptors (Lipinski definition) is 2. The summed E-state index contributed by atoms with van der Waals surface area (Å²) in [5.41, 5.74) is 6.88. The van der Waals surface area contributed by atoms with E-state index in [1.807, 2.05) is 0 Å². The van der Waals surface area contributed by atoms with E-state index >= 15 is 0 Å². The van der Waals surface area contributed by atoms with E-state index in [4.69, 9.17) is 5.73 Å². The van der Waals surface area contributed by atoms with Crippen LogP contribution in [0.25, 0.3) is 0 Å². The van der Waals surface area contributed by atoms with Crippen LogP contribution in [0.4, 0.5) is 0 Å². The number of likely N-dealkylation sites (tertiary alicyclic amines) is 1. The molecule has 0 aromatic heterocycles. The highest BCUT2D eigenvalue weighted by Gasteiger charge is 2.50. The van der Waals surface area contributed by atoms with Crippen molar-refractivity contribution in [3.63, 3.8) is 0 Å². The molecule has 19 heavy (non-hydrogen) atoms. The van der Waals surface area contributed by atoms with Crippen molar-refractivity contribution in [1.29, 1.82) is 0 Å². The summed E-state index contributed by atoms with van der Waals surface area (Å²) in [6.07, 6.45) is 13.5. The van der Waals surface area contributed by atoms with Gasteiger partial charge < -0.3 is 10.6 Å². The lowest BCUT2D eigenvalue weighted by molar-refractivity contribution is -0.0616. The second kappa shape index (κ2) is 4.73. The number of hydrogen-bond donors (Lipinski definition) is 1. The molecule has 2 N–H and O–H groups in total. The third kappa shape index (κ3) is 2.47. The number of nitrogens with two attached hydrogens (primary N) is 1. The molecule has 5 aliphatic rings. The molecule has 1 atom stereocenters.